The first-order valence-electron chi connectivity index (χ1n) is 16.5. The van der Waals surface area contributed by atoms with E-state index in [0.29, 0.717) is 12.1 Å². The van der Waals surface area contributed by atoms with Gasteiger partial charge < -0.3 is 19.8 Å². The Morgan fingerprint density at radius 1 is 1.00 bits per heavy atom. The molecule has 8 heteroatoms. The van der Waals surface area contributed by atoms with Crippen LogP contribution < -0.4 is 5.32 Å². The molecule has 1 aromatic carbocycles. The van der Waals surface area contributed by atoms with Crippen molar-refractivity contribution in [1.82, 2.24) is 34.7 Å². The number of carbonyl (C=O) groups is 1. The number of H-pyrrole nitrogens is 1. The molecular weight excluding hydrogens is 558 g/mol. The number of benzene rings is 1. The van der Waals surface area contributed by atoms with E-state index in [1.54, 1.807) is 0 Å². The topological polar surface area (TPSA) is 91.7 Å². The molecule has 0 spiro atoms. The van der Waals surface area contributed by atoms with Crippen LogP contribution >= 0.6 is 0 Å². The van der Waals surface area contributed by atoms with Gasteiger partial charge in [0, 0.05) is 43.5 Å². The fourth-order valence-electron chi connectivity index (χ4n) is 7.83. The zero-order valence-electron chi connectivity index (χ0n) is 27.4. The Morgan fingerprint density at radius 2 is 1.71 bits per heavy atom. The van der Waals surface area contributed by atoms with Crippen molar-refractivity contribution in [2.75, 3.05) is 13.1 Å². The Kier molecular flexibility index (Phi) is 7.51. The van der Waals surface area contributed by atoms with Gasteiger partial charge in [0.15, 0.2) is 5.65 Å². The van der Waals surface area contributed by atoms with Gasteiger partial charge in [-0.2, -0.15) is 0 Å². The molecule has 2 aliphatic rings. The minimum atomic E-state index is -0.648. The molecular formula is C37H45N7O. The van der Waals surface area contributed by atoms with Gasteiger partial charge in [0.2, 0.25) is 5.91 Å². The molecule has 2 fully saturated rings. The number of nitrogens with zero attached hydrogens (tertiary/aromatic N) is 5. The number of aromatic amines is 1. The van der Waals surface area contributed by atoms with Gasteiger partial charge in [-0.1, -0.05) is 24.1 Å². The summed E-state index contributed by atoms with van der Waals surface area (Å²) in [6.45, 7) is 12.4. The third kappa shape index (κ3) is 5.33. The molecule has 1 amide bonds. The average molecular weight is 604 g/mol. The van der Waals surface area contributed by atoms with Crippen molar-refractivity contribution < 1.29 is 4.79 Å². The van der Waals surface area contributed by atoms with Crippen molar-refractivity contribution in [2.24, 2.45) is 7.05 Å². The molecule has 5 aromatic rings. The van der Waals surface area contributed by atoms with Crippen LogP contribution in [0.25, 0.3) is 33.5 Å². The number of carbonyl (C=O) groups excluding carboxylic acids is 1. The first-order valence-corrected chi connectivity index (χ1v) is 16.5. The third-order valence-corrected chi connectivity index (χ3v) is 10.3. The van der Waals surface area contributed by atoms with Crippen LogP contribution in [0, 0.1) is 13.8 Å². The van der Waals surface area contributed by atoms with Crippen molar-refractivity contribution in [2.45, 2.75) is 90.1 Å². The van der Waals surface area contributed by atoms with Crippen LogP contribution in [0.3, 0.4) is 0 Å². The molecule has 8 nitrogen and oxygen atoms in total. The second-order valence-electron chi connectivity index (χ2n) is 14.1. The predicted octanol–water partition coefficient (Wildman–Crippen LogP) is 6.50. The molecule has 6 heterocycles. The van der Waals surface area contributed by atoms with Crippen molar-refractivity contribution >= 4 is 28.1 Å². The Bertz CT molecular complexity index is 1860. The van der Waals surface area contributed by atoms with Crippen molar-refractivity contribution in [1.29, 1.82) is 0 Å². The maximum Gasteiger partial charge on any atom is 0.233 e. The van der Waals surface area contributed by atoms with Gasteiger partial charge >= 0.3 is 0 Å². The molecule has 2 aliphatic heterocycles. The Morgan fingerprint density at radius 3 is 2.42 bits per heavy atom. The summed E-state index contributed by atoms with van der Waals surface area (Å²) in [7, 11) is 1.97. The number of aryl methyl sites for hydroxylation is 3. The van der Waals surface area contributed by atoms with Gasteiger partial charge in [0.25, 0.3) is 0 Å². The normalized spacial score (nSPS) is 18.8. The fourth-order valence-corrected chi connectivity index (χ4v) is 7.83. The minimum Gasteiger partial charge on any atom is -0.339 e. The lowest BCUT2D eigenvalue weighted by Gasteiger charge is -2.32. The molecule has 0 aliphatic carbocycles. The highest BCUT2D eigenvalue weighted by molar-refractivity contribution is 5.93. The zero-order chi connectivity index (χ0) is 31.5. The molecule has 0 radical (unpaired) electrons. The van der Waals surface area contributed by atoms with Crippen LogP contribution in [0.2, 0.25) is 0 Å². The third-order valence-electron chi connectivity index (χ3n) is 10.3. The number of amides is 1. The van der Waals surface area contributed by atoms with Crippen LogP contribution in [0.5, 0.6) is 0 Å². The number of rotatable bonds is 9. The molecule has 2 bridgehead atoms. The SMILES string of the molecule is Cc1cc(C)cc(-c2[nH]c3ncc(C(C)(C)C(=O)N4C5CCC4CC5)cc3c2C(C)CNCCc2cnc3c(c2)ncn3C)c1. The molecule has 2 N–H and O–H groups in total. The highest BCUT2D eigenvalue weighted by Gasteiger charge is 2.47. The van der Waals surface area contributed by atoms with Crippen LogP contribution in [0.15, 0.2) is 49.1 Å². The highest BCUT2D eigenvalue weighted by Crippen LogP contribution is 2.42. The van der Waals surface area contributed by atoms with Gasteiger partial charge in [0.1, 0.15) is 11.2 Å². The quantitative estimate of drug-likeness (QED) is 0.188. The second-order valence-corrected chi connectivity index (χ2v) is 14.1. The summed E-state index contributed by atoms with van der Waals surface area (Å²) in [5.74, 6) is 0.449. The minimum absolute atomic E-state index is 0.205. The molecule has 7 rings (SSSR count). The number of hydrogen-bond donors (Lipinski definition) is 2. The van der Waals surface area contributed by atoms with E-state index in [-0.39, 0.29) is 11.8 Å². The molecule has 2 saturated heterocycles. The number of hydrogen-bond acceptors (Lipinski definition) is 5. The number of nitrogens with one attached hydrogen (secondary N) is 2. The van der Waals surface area contributed by atoms with Gasteiger partial charge in [-0.3, -0.25) is 4.79 Å². The van der Waals surface area contributed by atoms with E-state index in [2.05, 4.69) is 90.1 Å². The van der Waals surface area contributed by atoms with E-state index in [9.17, 15) is 4.79 Å². The Balaban J connectivity index is 1.18. The zero-order valence-corrected chi connectivity index (χ0v) is 27.4. The number of pyridine rings is 2. The molecule has 4 aromatic heterocycles. The highest BCUT2D eigenvalue weighted by atomic mass is 16.2. The van der Waals surface area contributed by atoms with Crippen molar-refractivity contribution in [3.63, 3.8) is 0 Å². The summed E-state index contributed by atoms with van der Waals surface area (Å²) in [6.07, 6.45) is 11.1. The van der Waals surface area contributed by atoms with E-state index in [0.717, 1.165) is 78.6 Å². The van der Waals surface area contributed by atoms with Gasteiger partial charge in [0.05, 0.1) is 17.4 Å². The van der Waals surface area contributed by atoms with E-state index in [4.69, 9.17) is 4.98 Å². The predicted molar refractivity (Wildman–Crippen MR) is 180 cm³/mol. The monoisotopic (exact) mass is 603 g/mol. The van der Waals surface area contributed by atoms with Gasteiger partial charge in [-0.25, -0.2) is 15.0 Å². The molecule has 1 unspecified atom stereocenters. The lowest BCUT2D eigenvalue weighted by atomic mass is 9.82. The van der Waals surface area contributed by atoms with Crippen LogP contribution in [-0.2, 0) is 23.7 Å². The summed E-state index contributed by atoms with van der Waals surface area (Å²) < 4.78 is 1.95. The van der Waals surface area contributed by atoms with Gasteiger partial charge in [-0.15, -0.1) is 0 Å². The van der Waals surface area contributed by atoms with E-state index < -0.39 is 5.41 Å². The molecule has 45 heavy (non-hydrogen) atoms. The van der Waals surface area contributed by atoms with E-state index in [1.165, 1.54) is 27.8 Å². The second kappa shape index (κ2) is 11.4. The number of imidazole rings is 1. The van der Waals surface area contributed by atoms with Crippen molar-refractivity contribution in [3.05, 3.63) is 76.9 Å². The van der Waals surface area contributed by atoms with Crippen LogP contribution in [0.1, 0.15) is 80.2 Å². The summed E-state index contributed by atoms with van der Waals surface area (Å²) >= 11 is 0. The maximum atomic E-state index is 14.0. The average Bonchev–Trinajstić information content (AvgIpc) is 3.80. The standard InChI is InChI=1S/C37H45N7O/c1-22-13-23(2)15-26(14-22)33-32(24(3)18-38-12-11-25-16-31-35(40-19-25)43(6)21-41-31)30-17-27(20-39-34(30)42-33)37(4,5)36(45)44-28-7-8-29(44)10-9-28/h13-17,19-21,24,28-29,38H,7-12,18H2,1-6H3,(H,39,42). The number of fused-ring (bicyclic) bond motifs is 4. The summed E-state index contributed by atoms with van der Waals surface area (Å²) in [6, 6.07) is 11.9. The first-order chi connectivity index (χ1) is 21.6. The summed E-state index contributed by atoms with van der Waals surface area (Å²) in [5, 5.41) is 4.81. The van der Waals surface area contributed by atoms with E-state index >= 15 is 0 Å². The Hall–Kier alpha value is -4.04. The van der Waals surface area contributed by atoms with Crippen molar-refractivity contribution in [3.8, 4) is 11.3 Å². The van der Waals surface area contributed by atoms with Crippen LogP contribution in [-0.4, -0.2) is 60.5 Å². The van der Waals surface area contributed by atoms with Gasteiger partial charge in [-0.05, 0) is 119 Å². The lowest BCUT2D eigenvalue weighted by Crippen LogP contribution is -2.46. The molecule has 234 valence electrons. The lowest BCUT2D eigenvalue weighted by molar-refractivity contribution is -0.137. The smallest absolute Gasteiger partial charge is 0.233 e. The van der Waals surface area contributed by atoms with Crippen LogP contribution in [0.4, 0.5) is 0 Å². The summed E-state index contributed by atoms with van der Waals surface area (Å²) in [4.78, 5) is 33.9. The molecule has 0 saturated carbocycles. The maximum absolute atomic E-state index is 14.0. The molecule has 1 atom stereocenters. The number of aromatic nitrogens is 5. The summed E-state index contributed by atoms with van der Waals surface area (Å²) in [5.41, 5.74) is 10.2. The van der Waals surface area contributed by atoms with E-state index in [1.807, 2.05) is 30.3 Å². The largest absolute Gasteiger partial charge is 0.339 e. The fraction of sp³-hybridized carbons (Fsp3) is 0.459. The Labute approximate surface area is 265 Å². The first kappa shape index (κ1) is 29.7.